The molecular weight excluding hydrogens is 326 g/mol. The minimum absolute atomic E-state index is 0.0594. The van der Waals surface area contributed by atoms with Gasteiger partial charge in [-0.2, -0.15) is 0 Å². The second-order valence-electron chi connectivity index (χ2n) is 7.22. The van der Waals surface area contributed by atoms with Crippen LogP contribution in [0.2, 0.25) is 0 Å². The number of carbonyl (C=O) groups excluding carboxylic acids is 1. The van der Waals surface area contributed by atoms with Gasteiger partial charge in [-0.3, -0.25) is 9.78 Å². The van der Waals surface area contributed by atoms with Crippen LogP contribution in [0.4, 0.5) is 5.95 Å². The fraction of sp³-hybridized carbons (Fsp3) is 0.500. The van der Waals surface area contributed by atoms with Crippen LogP contribution < -0.4 is 4.90 Å². The maximum absolute atomic E-state index is 12.8. The normalized spacial score (nSPS) is 17.2. The van der Waals surface area contributed by atoms with Crippen molar-refractivity contribution in [3.8, 4) is 0 Å². The molecule has 0 N–H and O–H groups in total. The summed E-state index contributed by atoms with van der Waals surface area (Å²) in [6.07, 6.45) is 6.73. The highest BCUT2D eigenvalue weighted by molar-refractivity contribution is 5.92. The van der Waals surface area contributed by atoms with Gasteiger partial charge in [0.25, 0.3) is 5.91 Å². The maximum atomic E-state index is 12.8. The van der Waals surface area contributed by atoms with Crippen LogP contribution in [-0.2, 0) is 6.42 Å². The molecular formula is C20H27N5O. The fourth-order valence-electron chi connectivity index (χ4n) is 3.32. The molecule has 0 aromatic carbocycles. The molecule has 1 saturated heterocycles. The first kappa shape index (κ1) is 18.3. The summed E-state index contributed by atoms with van der Waals surface area (Å²) in [5.74, 6) is 1.26. The third-order valence-electron chi connectivity index (χ3n) is 4.83. The van der Waals surface area contributed by atoms with E-state index in [0.29, 0.717) is 24.1 Å². The summed E-state index contributed by atoms with van der Waals surface area (Å²) in [5, 5.41) is 0. The summed E-state index contributed by atoms with van der Waals surface area (Å²) in [4.78, 5) is 29.9. The number of likely N-dealkylation sites (N-methyl/N-ethyl adjacent to an activating group) is 1. The number of pyridine rings is 1. The van der Waals surface area contributed by atoms with Crippen molar-refractivity contribution < 1.29 is 4.79 Å². The lowest BCUT2D eigenvalue weighted by atomic mass is 10.0. The van der Waals surface area contributed by atoms with Crippen molar-refractivity contribution in [3.63, 3.8) is 0 Å². The Hall–Kier alpha value is -2.50. The monoisotopic (exact) mass is 353 g/mol. The van der Waals surface area contributed by atoms with Crippen molar-refractivity contribution in [3.05, 3.63) is 47.5 Å². The predicted octanol–water partition coefficient (Wildman–Crippen LogP) is 2.73. The van der Waals surface area contributed by atoms with Crippen LogP contribution in [0, 0.1) is 12.8 Å². The first-order chi connectivity index (χ1) is 12.5. The number of nitrogens with zero attached hydrogens (tertiary/aromatic N) is 5. The number of amides is 1. The number of piperidine rings is 1. The summed E-state index contributed by atoms with van der Waals surface area (Å²) in [6, 6.07) is 5.73. The van der Waals surface area contributed by atoms with Gasteiger partial charge in [0.15, 0.2) is 0 Å². The first-order valence-corrected chi connectivity index (χ1v) is 9.28. The largest absolute Gasteiger partial charge is 0.341 e. The average molecular weight is 353 g/mol. The Morgan fingerprint density at radius 2 is 2.08 bits per heavy atom. The zero-order valence-corrected chi connectivity index (χ0v) is 15.9. The number of rotatable bonds is 5. The smallest absolute Gasteiger partial charge is 0.272 e. The highest BCUT2D eigenvalue weighted by atomic mass is 16.2. The molecule has 2 aromatic heterocycles. The molecule has 1 aliphatic rings. The molecule has 3 rings (SSSR count). The van der Waals surface area contributed by atoms with Gasteiger partial charge in [-0.15, -0.1) is 0 Å². The highest BCUT2D eigenvalue weighted by Gasteiger charge is 2.21. The molecule has 26 heavy (non-hydrogen) atoms. The summed E-state index contributed by atoms with van der Waals surface area (Å²) in [7, 11) is 1.82. The van der Waals surface area contributed by atoms with Crippen molar-refractivity contribution in [2.24, 2.45) is 5.92 Å². The maximum Gasteiger partial charge on any atom is 0.272 e. The number of carbonyl (C=O) groups is 1. The van der Waals surface area contributed by atoms with E-state index < -0.39 is 0 Å². The lowest BCUT2D eigenvalue weighted by Crippen LogP contribution is -2.36. The lowest BCUT2D eigenvalue weighted by Gasteiger charge is -2.31. The number of anilines is 1. The van der Waals surface area contributed by atoms with Crippen LogP contribution in [0.25, 0.3) is 0 Å². The van der Waals surface area contributed by atoms with Gasteiger partial charge >= 0.3 is 0 Å². The first-order valence-electron chi connectivity index (χ1n) is 9.28. The molecule has 0 bridgehead atoms. The Labute approximate surface area is 155 Å². The van der Waals surface area contributed by atoms with Crippen molar-refractivity contribution >= 4 is 11.9 Å². The van der Waals surface area contributed by atoms with Crippen molar-refractivity contribution in [2.75, 3.05) is 31.6 Å². The SMILES string of the molecule is Cc1cc(C(=O)N(C)CCc2ccncc2)nc(N2CCCC(C)C2)n1. The van der Waals surface area contributed by atoms with E-state index in [0.717, 1.165) is 31.6 Å². The van der Waals surface area contributed by atoms with Crippen LogP contribution in [0.3, 0.4) is 0 Å². The van der Waals surface area contributed by atoms with E-state index in [4.69, 9.17) is 0 Å². The predicted molar refractivity (Wildman–Crippen MR) is 102 cm³/mol. The molecule has 0 radical (unpaired) electrons. The van der Waals surface area contributed by atoms with E-state index in [1.165, 1.54) is 12.0 Å². The van der Waals surface area contributed by atoms with Gasteiger partial charge in [-0.25, -0.2) is 9.97 Å². The van der Waals surface area contributed by atoms with E-state index in [1.807, 2.05) is 26.1 Å². The molecule has 3 heterocycles. The zero-order chi connectivity index (χ0) is 18.5. The Bertz CT molecular complexity index is 749. The molecule has 0 saturated carbocycles. The van der Waals surface area contributed by atoms with Gasteiger partial charge in [-0.05, 0) is 55.9 Å². The Balaban J connectivity index is 1.70. The summed E-state index contributed by atoms with van der Waals surface area (Å²) in [6.45, 7) is 6.73. The van der Waals surface area contributed by atoms with E-state index in [-0.39, 0.29) is 5.91 Å². The molecule has 0 aliphatic carbocycles. The van der Waals surface area contributed by atoms with Gasteiger partial charge in [-0.1, -0.05) is 6.92 Å². The third-order valence-corrected chi connectivity index (χ3v) is 4.83. The summed E-state index contributed by atoms with van der Waals surface area (Å²) < 4.78 is 0. The summed E-state index contributed by atoms with van der Waals surface area (Å²) >= 11 is 0. The number of aryl methyl sites for hydroxylation is 1. The topological polar surface area (TPSA) is 62.2 Å². The molecule has 1 unspecified atom stereocenters. The number of hydrogen-bond acceptors (Lipinski definition) is 5. The fourth-order valence-corrected chi connectivity index (χ4v) is 3.32. The van der Waals surface area contributed by atoms with Crippen LogP contribution in [0.1, 0.15) is 41.5 Å². The Kier molecular flexibility index (Phi) is 5.81. The van der Waals surface area contributed by atoms with Crippen molar-refractivity contribution in [1.29, 1.82) is 0 Å². The molecule has 1 atom stereocenters. The molecule has 1 aliphatic heterocycles. The minimum Gasteiger partial charge on any atom is -0.341 e. The van der Waals surface area contributed by atoms with E-state index in [2.05, 4.69) is 26.8 Å². The zero-order valence-electron chi connectivity index (χ0n) is 15.9. The molecule has 138 valence electrons. The van der Waals surface area contributed by atoms with Crippen LogP contribution >= 0.6 is 0 Å². The van der Waals surface area contributed by atoms with Gasteiger partial charge in [0.2, 0.25) is 5.95 Å². The standard InChI is InChI=1S/C20H27N5O/c1-15-5-4-11-25(14-15)20-22-16(2)13-18(23-20)19(26)24(3)12-8-17-6-9-21-10-7-17/h6-7,9-10,13,15H,4-5,8,11-12,14H2,1-3H3. The van der Waals surface area contributed by atoms with Crippen molar-refractivity contribution in [1.82, 2.24) is 19.9 Å². The Morgan fingerprint density at radius 3 is 2.81 bits per heavy atom. The quantitative estimate of drug-likeness (QED) is 0.827. The molecule has 2 aromatic rings. The van der Waals surface area contributed by atoms with Gasteiger partial charge in [0.1, 0.15) is 5.69 Å². The van der Waals surface area contributed by atoms with Gasteiger partial charge in [0, 0.05) is 44.8 Å². The van der Waals surface area contributed by atoms with E-state index in [1.54, 1.807) is 23.4 Å². The minimum atomic E-state index is -0.0594. The van der Waals surface area contributed by atoms with Crippen LogP contribution in [0.5, 0.6) is 0 Å². The average Bonchev–Trinajstić information content (AvgIpc) is 2.66. The van der Waals surface area contributed by atoms with E-state index in [9.17, 15) is 4.79 Å². The highest BCUT2D eigenvalue weighted by Crippen LogP contribution is 2.20. The molecule has 6 nitrogen and oxygen atoms in total. The van der Waals surface area contributed by atoms with Crippen LogP contribution in [-0.4, -0.2) is 52.4 Å². The number of hydrogen-bond donors (Lipinski definition) is 0. The van der Waals surface area contributed by atoms with Crippen molar-refractivity contribution in [2.45, 2.75) is 33.1 Å². The molecule has 1 fully saturated rings. The van der Waals surface area contributed by atoms with Crippen LogP contribution in [0.15, 0.2) is 30.6 Å². The molecule has 0 spiro atoms. The molecule has 6 heteroatoms. The second kappa shape index (κ2) is 8.25. The van der Waals surface area contributed by atoms with Gasteiger partial charge < -0.3 is 9.80 Å². The second-order valence-corrected chi connectivity index (χ2v) is 7.22. The van der Waals surface area contributed by atoms with Gasteiger partial charge in [0.05, 0.1) is 0 Å². The third kappa shape index (κ3) is 4.56. The Morgan fingerprint density at radius 1 is 1.31 bits per heavy atom. The summed E-state index contributed by atoms with van der Waals surface area (Å²) in [5.41, 5.74) is 2.48. The molecule has 1 amide bonds. The lowest BCUT2D eigenvalue weighted by molar-refractivity contribution is 0.0790. The number of aromatic nitrogens is 3. The van der Waals surface area contributed by atoms with E-state index >= 15 is 0 Å².